The summed E-state index contributed by atoms with van der Waals surface area (Å²) in [5, 5.41) is 0. The second kappa shape index (κ2) is 19.2. The van der Waals surface area contributed by atoms with Crippen LogP contribution < -0.4 is 4.74 Å². The Morgan fingerprint density at radius 2 is 1.61 bits per heavy atom. The highest BCUT2D eigenvalue weighted by atomic mass is 32.2. The topological polar surface area (TPSA) is 159 Å². The van der Waals surface area contributed by atoms with E-state index in [0.717, 1.165) is 30.9 Å². The minimum absolute atomic E-state index is 0.0935. The van der Waals surface area contributed by atoms with Crippen molar-refractivity contribution in [1.29, 1.82) is 0 Å². The van der Waals surface area contributed by atoms with E-state index in [9.17, 15) is 21.6 Å². The molecule has 0 amide bonds. The molecule has 0 radical (unpaired) electrons. The summed E-state index contributed by atoms with van der Waals surface area (Å²) in [5.41, 5.74) is 0.794. The molecule has 0 aliphatic carbocycles. The van der Waals surface area contributed by atoms with Gasteiger partial charge in [-0.15, -0.1) is 0 Å². The third-order valence-electron chi connectivity index (χ3n) is 7.58. The maximum atomic E-state index is 12.7. The summed E-state index contributed by atoms with van der Waals surface area (Å²) in [7, 11) is -6.79. The molecular weight excluding hydrogens is 644 g/mol. The van der Waals surface area contributed by atoms with Crippen molar-refractivity contribution in [2.45, 2.75) is 103 Å². The number of unbranched alkanes of at least 4 members (excludes halogenated alkanes) is 1. The van der Waals surface area contributed by atoms with Crippen molar-refractivity contribution in [2.24, 2.45) is 5.92 Å². The average molecular weight is 697 g/mol. The molecule has 5 atom stereocenters. The molecule has 2 rings (SSSR count). The van der Waals surface area contributed by atoms with Gasteiger partial charge in [0.1, 0.15) is 24.1 Å². The Kier molecular flexibility index (Phi) is 16.9. The molecule has 1 aliphatic heterocycles. The van der Waals surface area contributed by atoms with E-state index in [-0.39, 0.29) is 39.3 Å². The van der Waals surface area contributed by atoms with Gasteiger partial charge in [-0.05, 0) is 37.0 Å². The van der Waals surface area contributed by atoms with Crippen LogP contribution in [-0.4, -0.2) is 99.1 Å². The van der Waals surface area contributed by atoms with Crippen LogP contribution in [0.3, 0.4) is 0 Å². The summed E-state index contributed by atoms with van der Waals surface area (Å²) in [6, 6.07) is 7.16. The highest BCUT2D eigenvalue weighted by Gasteiger charge is 2.46. The van der Waals surface area contributed by atoms with Crippen molar-refractivity contribution in [3.63, 3.8) is 0 Å². The molecule has 0 spiro atoms. The molecule has 1 aromatic carbocycles. The molecule has 1 aliphatic rings. The molecule has 15 heteroatoms. The fourth-order valence-corrected chi connectivity index (χ4v) is 6.55. The van der Waals surface area contributed by atoms with E-state index in [1.807, 2.05) is 32.9 Å². The normalized spacial score (nSPS) is 19.3. The molecule has 0 saturated carbocycles. The number of hydrogen-bond acceptors (Lipinski definition) is 13. The second-order valence-corrected chi connectivity index (χ2v) is 14.6. The predicted octanol–water partition coefficient (Wildman–Crippen LogP) is 3.98. The molecule has 1 fully saturated rings. The van der Waals surface area contributed by atoms with Gasteiger partial charge in [0.05, 0.1) is 52.2 Å². The maximum Gasteiger partial charge on any atom is 0.302 e. The van der Waals surface area contributed by atoms with Gasteiger partial charge in [0.15, 0.2) is 5.79 Å². The number of hydrogen-bond donors (Lipinski definition) is 0. The Bertz CT molecular complexity index is 1250. The highest BCUT2D eigenvalue weighted by molar-refractivity contribution is 7.86. The quantitative estimate of drug-likeness (QED) is 0.0920. The monoisotopic (exact) mass is 696 g/mol. The zero-order valence-electron chi connectivity index (χ0n) is 28.1. The van der Waals surface area contributed by atoms with Gasteiger partial charge in [-0.2, -0.15) is 16.8 Å². The smallest absolute Gasteiger partial charge is 0.302 e. The third-order valence-corrected chi connectivity index (χ3v) is 8.75. The third kappa shape index (κ3) is 14.5. The van der Waals surface area contributed by atoms with E-state index >= 15 is 0 Å². The van der Waals surface area contributed by atoms with Gasteiger partial charge in [0.2, 0.25) is 0 Å². The van der Waals surface area contributed by atoms with Gasteiger partial charge in [-0.3, -0.25) is 13.2 Å². The summed E-state index contributed by atoms with van der Waals surface area (Å²) in [4.78, 5) is 12.3. The van der Waals surface area contributed by atoms with E-state index in [2.05, 4.69) is 0 Å². The van der Waals surface area contributed by atoms with E-state index in [1.54, 1.807) is 19.2 Å². The van der Waals surface area contributed by atoms with Crippen LogP contribution in [0.25, 0.3) is 0 Å². The Morgan fingerprint density at radius 3 is 2.13 bits per heavy atom. The van der Waals surface area contributed by atoms with Crippen LogP contribution in [-0.2, 0) is 63.7 Å². The highest BCUT2D eigenvalue weighted by Crippen LogP contribution is 2.35. The van der Waals surface area contributed by atoms with Gasteiger partial charge in [-0.1, -0.05) is 39.3 Å². The lowest BCUT2D eigenvalue weighted by molar-refractivity contribution is -0.176. The Labute approximate surface area is 274 Å². The van der Waals surface area contributed by atoms with Crippen molar-refractivity contribution in [3.05, 3.63) is 29.8 Å². The largest absolute Gasteiger partial charge is 0.497 e. The van der Waals surface area contributed by atoms with Gasteiger partial charge in [-0.25, -0.2) is 0 Å². The van der Waals surface area contributed by atoms with E-state index in [4.69, 9.17) is 36.8 Å². The molecule has 1 heterocycles. The van der Waals surface area contributed by atoms with Gasteiger partial charge >= 0.3 is 5.97 Å². The summed E-state index contributed by atoms with van der Waals surface area (Å²) >= 11 is 0. The van der Waals surface area contributed by atoms with Gasteiger partial charge < -0.3 is 28.4 Å². The molecule has 0 N–H and O–H groups in total. The molecule has 1 saturated heterocycles. The summed E-state index contributed by atoms with van der Waals surface area (Å²) in [5.74, 6) is -1.83. The molecule has 13 nitrogen and oxygen atoms in total. The summed E-state index contributed by atoms with van der Waals surface area (Å²) < 4.78 is 96.6. The molecule has 0 aromatic heterocycles. The molecule has 1 aromatic rings. The summed E-state index contributed by atoms with van der Waals surface area (Å²) in [6.07, 6.45) is 0.175. The first-order valence-corrected chi connectivity index (χ1v) is 19.3. The second-order valence-electron chi connectivity index (χ2n) is 11.4. The first kappa shape index (κ1) is 40.3. The van der Waals surface area contributed by atoms with Crippen LogP contribution in [0.5, 0.6) is 5.75 Å². The number of rotatable bonds is 23. The van der Waals surface area contributed by atoms with Gasteiger partial charge in [0, 0.05) is 32.3 Å². The molecule has 0 bridgehead atoms. The van der Waals surface area contributed by atoms with E-state index < -0.39 is 62.3 Å². The lowest BCUT2D eigenvalue weighted by Crippen LogP contribution is -2.49. The fourth-order valence-electron chi connectivity index (χ4n) is 5.25. The van der Waals surface area contributed by atoms with Gasteiger partial charge in [0.25, 0.3) is 20.2 Å². The maximum absolute atomic E-state index is 12.7. The lowest BCUT2D eigenvalue weighted by Gasteiger charge is -2.36. The fraction of sp³-hybridized carbons (Fsp3) is 0.774. The minimum Gasteiger partial charge on any atom is -0.497 e. The Hall–Kier alpha value is -1.85. The standard InChI is InChI=1S/C31H52O13S2/c1-8-11-17-38-18-16-28(41-23(4)32)27(22-39-20-24-12-14-25(37-5)15-13-24)30(44-46(7,35)36)29(43-45(6,33)34)19-26-21-40-31(9-2,10-3)42-26/h12-15,26-30H,8-11,16-22H2,1-7H3/t26-,27-,28-,29-,30+/m0/s1. The summed E-state index contributed by atoms with van der Waals surface area (Å²) in [6.45, 7) is 7.82. The van der Waals surface area contributed by atoms with Crippen LogP contribution in [0.4, 0.5) is 0 Å². The number of carbonyl (C=O) groups excluding carboxylic acids is 1. The first-order valence-electron chi connectivity index (χ1n) is 15.7. The van der Waals surface area contributed by atoms with Crippen molar-refractivity contribution in [3.8, 4) is 5.75 Å². The van der Waals surface area contributed by atoms with Crippen molar-refractivity contribution in [1.82, 2.24) is 0 Å². The van der Waals surface area contributed by atoms with Crippen LogP contribution in [0, 0.1) is 5.92 Å². The van der Waals surface area contributed by atoms with E-state index in [1.165, 1.54) is 6.92 Å². The molecule has 46 heavy (non-hydrogen) atoms. The minimum atomic E-state index is -4.20. The van der Waals surface area contributed by atoms with Crippen LogP contribution >= 0.6 is 0 Å². The zero-order chi connectivity index (χ0) is 34.4. The van der Waals surface area contributed by atoms with Crippen LogP contribution in [0.1, 0.15) is 71.8 Å². The molecular formula is C31H52O13S2. The number of benzene rings is 1. The number of esters is 1. The Balaban J connectivity index is 2.52. The first-order chi connectivity index (χ1) is 21.6. The lowest BCUT2D eigenvalue weighted by atomic mass is 9.89. The number of methoxy groups -OCH3 is 1. The van der Waals surface area contributed by atoms with Crippen LogP contribution in [0.2, 0.25) is 0 Å². The van der Waals surface area contributed by atoms with E-state index in [0.29, 0.717) is 25.2 Å². The SMILES string of the molecule is CCCCOCC[C@H](OC(C)=O)[C@H](COCc1ccc(OC)cc1)[C@@H](OS(C)(=O)=O)[C@H](C[C@H]1COC(CC)(CC)O1)OS(C)(=O)=O. The molecule has 266 valence electrons. The van der Waals surface area contributed by atoms with Crippen molar-refractivity contribution >= 4 is 26.2 Å². The van der Waals surface area contributed by atoms with Crippen molar-refractivity contribution in [2.75, 3.05) is 46.0 Å². The average Bonchev–Trinajstić information content (AvgIpc) is 3.40. The van der Waals surface area contributed by atoms with Crippen LogP contribution in [0.15, 0.2) is 24.3 Å². The number of carbonyl (C=O) groups is 1. The Morgan fingerprint density at radius 1 is 0.957 bits per heavy atom. The van der Waals surface area contributed by atoms with Crippen molar-refractivity contribution < 1.29 is 58.4 Å². The number of ether oxygens (including phenoxy) is 6. The zero-order valence-corrected chi connectivity index (χ0v) is 29.7. The predicted molar refractivity (Wildman–Crippen MR) is 170 cm³/mol. The molecule has 0 unspecified atom stereocenters.